The largest absolute Gasteiger partial charge is 0.294 e. The summed E-state index contributed by atoms with van der Waals surface area (Å²) in [4.78, 5) is 2.65. The van der Waals surface area contributed by atoms with Crippen LogP contribution in [0.3, 0.4) is 0 Å². The van der Waals surface area contributed by atoms with Crippen molar-refractivity contribution in [2.45, 2.75) is 44.4 Å². The molecule has 0 aromatic carbocycles. The molecule has 0 spiro atoms. The number of likely N-dealkylation sites (tertiary alicyclic amines) is 1. The standard InChI is InChI=1S/C9H17N3/c1-5(2)12-4-6-3-7-9(12)8(6)11-10-7/h5-11H,3-4H2,1-2H3/t6?,7-,8?,9?/m0/s1. The van der Waals surface area contributed by atoms with E-state index >= 15 is 0 Å². The lowest BCUT2D eigenvalue weighted by atomic mass is 10.0. The van der Waals surface area contributed by atoms with E-state index in [2.05, 4.69) is 29.6 Å². The lowest BCUT2D eigenvalue weighted by molar-refractivity contribution is 0.147. The van der Waals surface area contributed by atoms with Gasteiger partial charge in [-0.05, 0) is 26.2 Å². The highest BCUT2D eigenvalue weighted by Gasteiger charge is 2.56. The molecule has 0 aromatic rings. The number of nitrogens with one attached hydrogen (secondary N) is 2. The van der Waals surface area contributed by atoms with Gasteiger partial charge in [0.15, 0.2) is 0 Å². The van der Waals surface area contributed by atoms with E-state index in [1.54, 1.807) is 0 Å². The fraction of sp³-hybridized carbons (Fsp3) is 1.00. The summed E-state index contributed by atoms with van der Waals surface area (Å²) in [5, 5.41) is 0. The molecule has 0 radical (unpaired) electrons. The predicted molar refractivity (Wildman–Crippen MR) is 47.6 cm³/mol. The summed E-state index contributed by atoms with van der Waals surface area (Å²) in [5.41, 5.74) is 6.79. The molecule has 2 heterocycles. The van der Waals surface area contributed by atoms with Gasteiger partial charge in [-0.2, -0.15) is 0 Å². The second-order valence-corrected chi connectivity index (χ2v) is 4.70. The molecular formula is C9H17N3. The predicted octanol–water partition coefficient (Wildman–Crippen LogP) is -0.0561. The number of hydrogen-bond donors (Lipinski definition) is 2. The summed E-state index contributed by atoms with van der Waals surface area (Å²) in [6.45, 7) is 5.93. The van der Waals surface area contributed by atoms with Gasteiger partial charge in [0.25, 0.3) is 0 Å². The molecule has 2 aliphatic heterocycles. The SMILES string of the molecule is CC(C)N1CC2C[C@@H]3NNC2C31. The van der Waals surface area contributed by atoms with Crippen molar-refractivity contribution in [3.63, 3.8) is 0 Å². The van der Waals surface area contributed by atoms with Crippen molar-refractivity contribution in [1.29, 1.82) is 0 Å². The maximum absolute atomic E-state index is 3.41. The average molecular weight is 167 g/mol. The Labute approximate surface area is 73.5 Å². The molecule has 0 amide bonds. The van der Waals surface area contributed by atoms with Gasteiger partial charge in [0, 0.05) is 30.7 Å². The Balaban J connectivity index is 1.87. The minimum absolute atomic E-state index is 0.715. The molecule has 3 fully saturated rings. The van der Waals surface area contributed by atoms with E-state index in [4.69, 9.17) is 0 Å². The van der Waals surface area contributed by atoms with E-state index < -0.39 is 0 Å². The van der Waals surface area contributed by atoms with Crippen LogP contribution in [0.15, 0.2) is 0 Å². The van der Waals surface area contributed by atoms with Gasteiger partial charge >= 0.3 is 0 Å². The van der Waals surface area contributed by atoms with Crippen LogP contribution in [0.2, 0.25) is 0 Å². The van der Waals surface area contributed by atoms with E-state index in [0.29, 0.717) is 6.04 Å². The summed E-state index contributed by atoms with van der Waals surface area (Å²) in [7, 11) is 0. The first-order valence-corrected chi connectivity index (χ1v) is 5.04. The summed E-state index contributed by atoms with van der Waals surface area (Å²) >= 11 is 0. The van der Waals surface area contributed by atoms with Gasteiger partial charge in [-0.25, -0.2) is 0 Å². The second-order valence-electron chi connectivity index (χ2n) is 4.70. The highest BCUT2D eigenvalue weighted by atomic mass is 15.5. The van der Waals surface area contributed by atoms with Crippen LogP contribution >= 0.6 is 0 Å². The number of hydrazine groups is 1. The van der Waals surface area contributed by atoms with E-state index in [0.717, 1.165) is 24.0 Å². The number of rotatable bonds is 1. The number of nitrogens with zero attached hydrogens (tertiary/aromatic N) is 1. The van der Waals surface area contributed by atoms with Crippen LogP contribution in [-0.2, 0) is 0 Å². The number of piperidine rings is 1. The second kappa shape index (κ2) is 2.22. The fourth-order valence-electron chi connectivity index (χ4n) is 3.27. The third kappa shape index (κ3) is 0.721. The zero-order valence-electron chi connectivity index (χ0n) is 7.75. The Morgan fingerprint density at radius 2 is 2.17 bits per heavy atom. The summed E-state index contributed by atoms with van der Waals surface area (Å²) in [6, 6.07) is 2.98. The van der Waals surface area contributed by atoms with Gasteiger partial charge in [0.05, 0.1) is 0 Å². The van der Waals surface area contributed by atoms with Gasteiger partial charge in [0.2, 0.25) is 0 Å². The first-order valence-electron chi connectivity index (χ1n) is 5.04. The van der Waals surface area contributed by atoms with Crippen LogP contribution in [0, 0.1) is 5.92 Å². The quantitative estimate of drug-likeness (QED) is 0.573. The minimum atomic E-state index is 0.715. The van der Waals surface area contributed by atoms with Crippen LogP contribution in [0.25, 0.3) is 0 Å². The molecular weight excluding hydrogens is 150 g/mol. The first kappa shape index (κ1) is 7.30. The van der Waals surface area contributed by atoms with Gasteiger partial charge in [-0.1, -0.05) is 0 Å². The van der Waals surface area contributed by atoms with Gasteiger partial charge in [-0.3, -0.25) is 15.8 Å². The molecule has 1 saturated carbocycles. The maximum Gasteiger partial charge on any atom is 0.0435 e. The molecule has 2 saturated heterocycles. The Hall–Kier alpha value is -0.120. The van der Waals surface area contributed by atoms with E-state index in [9.17, 15) is 0 Å². The Morgan fingerprint density at radius 3 is 2.75 bits per heavy atom. The molecule has 1 aliphatic carbocycles. The van der Waals surface area contributed by atoms with Crippen LogP contribution in [0.1, 0.15) is 20.3 Å². The molecule has 0 aromatic heterocycles. The van der Waals surface area contributed by atoms with Crippen LogP contribution in [-0.4, -0.2) is 35.6 Å². The van der Waals surface area contributed by atoms with Crippen molar-refractivity contribution in [3.8, 4) is 0 Å². The summed E-state index contributed by atoms with van der Waals surface area (Å²) in [6.07, 6.45) is 1.39. The zero-order valence-corrected chi connectivity index (χ0v) is 7.75. The molecule has 3 rings (SSSR count). The molecule has 4 atom stereocenters. The van der Waals surface area contributed by atoms with Gasteiger partial charge < -0.3 is 0 Å². The molecule has 3 nitrogen and oxygen atoms in total. The Morgan fingerprint density at radius 1 is 1.33 bits per heavy atom. The highest BCUT2D eigenvalue weighted by Crippen LogP contribution is 2.41. The third-order valence-corrected chi connectivity index (χ3v) is 3.77. The molecule has 4 bridgehead atoms. The fourth-order valence-corrected chi connectivity index (χ4v) is 3.27. The molecule has 12 heavy (non-hydrogen) atoms. The van der Waals surface area contributed by atoms with Crippen molar-refractivity contribution in [2.24, 2.45) is 5.92 Å². The van der Waals surface area contributed by atoms with Gasteiger partial charge in [-0.15, -0.1) is 0 Å². The summed E-state index contributed by atoms with van der Waals surface area (Å²) < 4.78 is 0. The molecule has 68 valence electrons. The zero-order chi connectivity index (χ0) is 8.29. The van der Waals surface area contributed by atoms with Gasteiger partial charge in [0.1, 0.15) is 0 Å². The monoisotopic (exact) mass is 167 g/mol. The lowest BCUT2D eigenvalue weighted by Gasteiger charge is -2.34. The van der Waals surface area contributed by atoms with E-state index in [-0.39, 0.29) is 0 Å². The Bertz CT molecular complexity index is 204. The van der Waals surface area contributed by atoms with Crippen LogP contribution in [0.5, 0.6) is 0 Å². The van der Waals surface area contributed by atoms with E-state index in [1.807, 2.05) is 0 Å². The first-order chi connectivity index (χ1) is 5.77. The van der Waals surface area contributed by atoms with Crippen molar-refractivity contribution in [3.05, 3.63) is 0 Å². The molecule has 3 heteroatoms. The molecule has 3 unspecified atom stereocenters. The van der Waals surface area contributed by atoms with Crippen molar-refractivity contribution in [1.82, 2.24) is 15.8 Å². The van der Waals surface area contributed by atoms with Crippen LogP contribution < -0.4 is 10.9 Å². The van der Waals surface area contributed by atoms with Crippen LogP contribution in [0.4, 0.5) is 0 Å². The van der Waals surface area contributed by atoms with E-state index in [1.165, 1.54) is 13.0 Å². The highest BCUT2D eigenvalue weighted by molar-refractivity contribution is 5.14. The Kier molecular flexibility index (Phi) is 1.35. The molecule has 2 N–H and O–H groups in total. The van der Waals surface area contributed by atoms with Crippen molar-refractivity contribution in [2.75, 3.05) is 6.54 Å². The smallest absolute Gasteiger partial charge is 0.0435 e. The number of hydrogen-bond acceptors (Lipinski definition) is 3. The lowest BCUT2D eigenvalue weighted by Crippen LogP contribution is -2.49. The normalized spacial score (nSPS) is 51.2. The van der Waals surface area contributed by atoms with Crippen molar-refractivity contribution >= 4 is 0 Å². The summed E-state index contributed by atoms with van der Waals surface area (Å²) in [5.74, 6) is 0.920. The topological polar surface area (TPSA) is 27.3 Å². The third-order valence-electron chi connectivity index (χ3n) is 3.77. The minimum Gasteiger partial charge on any atom is -0.294 e. The molecule has 3 aliphatic rings. The average Bonchev–Trinajstić information content (AvgIpc) is 2.66. The van der Waals surface area contributed by atoms with Crippen molar-refractivity contribution < 1.29 is 0 Å². The maximum atomic E-state index is 3.41.